The first-order valence-corrected chi connectivity index (χ1v) is 7.79. The molecule has 0 bridgehead atoms. The summed E-state index contributed by atoms with van der Waals surface area (Å²) < 4.78 is 0. The molecule has 0 radical (unpaired) electrons. The second-order valence-corrected chi connectivity index (χ2v) is 6.35. The lowest BCUT2D eigenvalue weighted by atomic mass is 10.1. The molecule has 6 heteroatoms. The zero-order valence-corrected chi connectivity index (χ0v) is 14.3. The first-order valence-electron chi connectivity index (χ1n) is 7.79. The summed E-state index contributed by atoms with van der Waals surface area (Å²) in [4.78, 5) is 32.0. The highest BCUT2D eigenvalue weighted by Gasteiger charge is 2.22. The van der Waals surface area contributed by atoms with Gasteiger partial charge in [-0.3, -0.25) is 14.5 Å². The normalized spacial score (nSPS) is 17.3. The summed E-state index contributed by atoms with van der Waals surface area (Å²) in [6.07, 6.45) is 1.48. The summed E-state index contributed by atoms with van der Waals surface area (Å²) in [5, 5.41) is 1.40. The Balaban J connectivity index is 0.00000192. The van der Waals surface area contributed by atoms with Crippen molar-refractivity contribution in [3.05, 3.63) is 34.3 Å². The molecule has 0 saturated carbocycles. The van der Waals surface area contributed by atoms with E-state index in [4.69, 9.17) is 0 Å². The van der Waals surface area contributed by atoms with Crippen molar-refractivity contribution in [1.82, 2.24) is 9.80 Å². The minimum absolute atomic E-state index is 0. The van der Waals surface area contributed by atoms with E-state index >= 15 is 0 Å². The molecule has 23 heavy (non-hydrogen) atoms. The van der Waals surface area contributed by atoms with Crippen LogP contribution in [0.4, 0.5) is 0 Å². The number of halogens is 1. The highest BCUT2D eigenvalue weighted by atomic mass is 35.5. The molecule has 2 heterocycles. The molecule has 1 fully saturated rings. The molecular weight excluding hydrogens is 314 g/mol. The monoisotopic (exact) mass is 335 g/mol. The number of benzene rings is 1. The van der Waals surface area contributed by atoms with Crippen LogP contribution in [0, 0.1) is 5.92 Å². The molecule has 2 aliphatic rings. The van der Waals surface area contributed by atoms with Crippen molar-refractivity contribution in [2.45, 2.75) is 13.8 Å². The molecule has 3 rings (SSSR count). The average molecular weight is 336 g/mol. The molecule has 0 unspecified atom stereocenters. The van der Waals surface area contributed by atoms with Gasteiger partial charge < -0.3 is 4.90 Å². The van der Waals surface area contributed by atoms with Crippen LogP contribution >= 0.6 is 12.4 Å². The van der Waals surface area contributed by atoms with E-state index in [9.17, 15) is 9.59 Å². The molecule has 0 spiro atoms. The van der Waals surface area contributed by atoms with Gasteiger partial charge in [-0.15, -0.1) is 12.4 Å². The fraction of sp³-hybridized carbons (Fsp3) is 0.471. The predicted molar refractivity (Wildman–Crippen MR) is 91.1 cm³/mol. The van der Waals surface area contributed by atoms with Gasteiger partial charge in [-0.2, -0.15) is 0 Å². The second-order valence-electron chi connectivity index (χ2n) is 6.35. The molecule has 0 N–H and O–H groups in total. The van der Waals surface area contributed by atoms with Gasteiger partial charge in [0.15, 0.2) is 0 Å². The SMILES string of the molecule is CC(C)CN1CCN(C(=O)c2ccc3c(c2)=CC(=O)N=3)CC1.Cl. The third-order valence-corrected chi connectivity index (χ3v) is 4.07. The summed E-state index contributed by atoms with van der Waals surface area (Å²) in [6.45, 7) is 8.88. The van der Waals surface area contributed by atoms with Crippen LogP contribution in [-0.4, -0.2) is 54.3 Å². The largest absolute Gasteiger partial charge is 0.336 e. The van der Waals surface area contributed by atoms with Gasteiger partial charge in [-0.05, 0) is 24.1 Å². The van der Waals surface area contributed by atoms with Gasteiger partial charge in [-0.25, -0.2) is 4.99 Å². The highest BCUT2D eigenvalue weighted by Crippen LogP contribution is 2.09. The predicted octanol–water partition coefficient (Wildman–Crippen LogP) is 0.463. The van der Waals surface area contributed by atoms with Crippen LogP contribution in [0.15, 0.2) is 23.2 Å². The van der Waals surface area contributed by atoms with Crippen LogP contribution < -0.4 is 10.6 Å². The zero-order chi connectivity index (χ0) is 15.7. The Morgan fingerprint density at radius 3 is 2.57 bits per heavy atom. The van der Waals surface area contributed by atoms with Crippen LogP contribution in [0.2, 0.25) is 0 Å². The minimum Gasteiger partial charge on any atom is -0.336 e. The van der Waals surface area contributed by atoms with Crippen molar-refractivity contribution in [2.24, 2.45) is 10.9 Å². The molecule has 124 valence electrons. The Morgan fingerprint density at radius 2 is 1.91 bits per heavy atom. The standard InChI is InChI=1S/C17H21N3O2.ClH/c1-12(2)11-19-5-7-20(8-6-19)17(22)13-3-4-15-14(9-13)10-16(21)18-15;/h3-4,9-10,12H,5-8,11H2,1-2H3;1H. The van der Waals surface area contributed by atoms with Crippen molar-refractivity contribution in [2.75, 3.05) is 32.7 Å². The van der Waals surface area contributed by atoms with Gasteiger partial charge in [-0.1, -0.05) is 13.8 Å². The van der Waals surface area contributed by atoms with E-state index in [2.05, 4.69) is 23.7 Å². The third kappa shape index (κ3) is 3.98. The van der Waals surface area contributed by atoms with Crippen LogP contribution in [0.5, 0.6) is 0 Å². The lowest BCUT2D eigenvalue weighted by Crippen LogP contribution is -2.49. The lowest BCUT2D eigenvalue weighted by molar-refractivity contribution is -0.112. The number of hydrogen-bond acceptors (Lipinski definition) is 3. The first kappa shape index (κ1) is 17.6. The maximum absolute atomic E-state index is 12.6. The summed E-state index contributed by atoms with van der Waals surface area (Å²) in [6, 6.07) is 5.28. The summed E-state index contributed by atoms with van der Waals surface area (Å²) in [7, 11) is 0. The van der Waals surface area contributed by atoms with Crippen molar-refractivity contribution < 1.29 is 9.59 Å². The van der Waals surface area contributed by atoms with E-state index in [0.29, 0.717) is 16.8 Å². The molecule has 0 aromatic heterocycles. The lowest BCUT2D eigenvalue weighted by Gasteiger charge is -2.35. The smallest absolute Gasteiger partial charge is 0.270 e. The summed E-state index contributed by atoms with van der Waals surface area (Å²) >= 11 is 0. The molecule has 0 atom stereocenters. The Bertz CT molecular complexity index is 722. The van der Waals surface area contributed by atoms with Crippen molar-refractivity contribution in [3.63, 3.8) is 0 Å². The maximum Gasteiger partial charge on any atom is 0.270 e. The number of carbonyl (C=O) groups is 2. The Labute approximate surface area is 142 Å². The van der Waals surface area contributed by atoms with Crippen LogP contribution in [0.25, 0.3) is 6.08 Å². The molecule has 1 saturated heterocycles. The Hall–Kier alpha value is -1.72. The molecule has 1 aromatic rings. The van der Waals surface area contributed by atoms with Gasteiger partial charge >= 0.3 is 0 Å². The first-order chi connectivity index (χ1) is 10.5. The van der Waals surface area contributed by atoms with Gasteiger partial charge in [0.1, 0.15) is 0 Å². The maximum atomic E-state index is 12.6. The van der Waals surface area contributed by atoms with Crippen LogP contribution in [-0.2, 0) is 4.79 Å². The quantitative estimate of drug-likeness (QED) is 0.806. The third-order valence-electron chi connectivity index (χ3n) is 4.07. The van der Waals surface area contributed by atoms with Gasteiger partial charge in [0.05, 0.1) is 5.36 Å². The number of hydrogen-bond donors (Lipinski definition) is 0. The molecule has 1 aromatic carbocycles. The van der Waals surface area contributed by atoms with Crippen molar-refractivity contribution in [1.29, 1.82) is 0 Å². The number of piperazine rings is 1. The van der Waals surface area contributed by atoms with Crippen molar-refractivity contribution >= 4 is 30.3 Å². The molecular formula is C17H22ClN3O2. The van der Waals surface area contributed by atoms with Gasteiger partial charge in [0.2, 0.25) is 0 Å². The molecule has 0 aliphatic carbocycles. The highest BCUT2D eigenvalue weighted by molar-refractivity contribution is 6.06. The van der Waals surface area contributed by atoms with E-state index in [0.717, 1.165) is 37.9 Å². The van der Waals surface area contributed by atoms with Crippen LogP contribution in [0.3, 0.4) is 0 Å². The Kier molecular flexibility index (Phi) is 5.55. The van der Waals surface area contributed by atoms with Crippen LogP contribution in [0.1, 0.15) is 24.2 Å². The zero-order valence-electron chi connectivity index (χ0n) is 13.5. The number of carbonyl (C=O) groups excluding carboxylic acids is 2. The van der Waals surface area contributed by atoms with Crippen molar-refractivity contribution in [3.8, 4) is 0 Å². The summed E-state index contributed by atoms with van der Waals surface area (Å²) in [5.74, 6) is 0.442. The molecule has 5 nitrogen and oxygen atoms in total. The van der Waals surface area contributed by atoms with E-state index in [-0.39, 0.29) is 24.2 Å². The topological polar surface area (TPSA) is 53.0 Å². The van der Waals surface area contributed by atoms with E-state index < -0.39 is 0 Å². The summed E-state index contributed by atoms with van der Waals surface area (Å²) in [5.41, 5.74) is 0.636. The number of amides is 2. The molecule has 2 aliphatic heterocycles. The van der Waals surface area contributed by atoms with E-state index in [1.807, 2.05) is 4.90 Å². The number of rotatable bonds is 3. The average Bonchev–Trinajstić information content (AvgIpc) is 2.85. The fourth-order valence-corrected chi connectivity index (χ4v) is 3.02. The van der Waals surface area contributed by atoms with Gasteiger partial charge in [0.25, 0.3) is 11.8 Å². The van der Waals surface area contributed by atoms with Gasteiger partial charge in [0, 0.05) is 49.6 Å². The number of fused-ring (bicyclic) bond motifs is 1. The minimum atomic E-state index is -0.248. The van der Waals surface area contributed by atoms with E-state index in [1.54, 1.807) is 18.2 Å². The fourth-order valence-electron chi connectivity index (χ4n) is 3.02. The molecule has 2 amide bonds. The van der Waals surface area contributed by atoms with E-state index in [1.165, 1.54) is 6.08 Å². The second kappa shape index (κ2) is 7.23. The Morgan fingerprint density at radius 1 is 1.22 bits per heavy atom. The number of nitrogens with zero attached hydrogens (tertiary/aromatic N) is 3.